The van der Waals surface area contributed by atoms with E-state index in [1.54, 1.807) is 7.05 Å². The van der Waals surface area contributed by atoms with E-state index >= 15 is 0 Å². The molecule has 4 aliphatic rings. The summed E-state index contributed by atoms with van der Waals surface area (Å²) >= 11 is 4.04. The van der Waals surface area contributed by atoms with Crippen LogP contribution in [0.3, 0.4) is 0 Å². The summed E-state index contributed by atoms with van der Waals surface area (Å²) in [4.78, 5) is 0.696. The van der Waals surface area contributed by atoms with Gasteiger partial charge in [0.05, 0.1) is 19.6 Å². The van der Waals surface area contributed by atoms with E-state index in [-0.39, 0.29) is 15.7 Å². The Hall–Kier alpha value is -0.690. The minimum atomic E-state index is -2.66. The van der Waals surface area contributed by atoms with E-state index in [2.05, 4.69) is 22.6 Å². The highest BCUT2D eigenvalue weighted by molar-refractivity contribution is 8.21. The molecule has 1 N–H and O–H groups in total. The maximum Gasteiger partial charge on any atom is 0.102 e. The first kappa shape index (κ1) is 17.7. The summed E-state index contributed by atoms with van der Waals surface area (Å²) in [5, 5.41) is 11.5. The van der Waals surface area contributed by atoms with Gasteiger partial charge >= 0.3 is 0 Å². The molecule has 1 spiro atoms. The maximum atomic E-state index is 13.5. The van der Waals surface area contributed by atoms with Gasteiger partial charge < -0.3 is 5.11 Å². The molecule has 1 aromatic rings. The average Bonchev–Trinajstić information content (AvgIpc) is 2.99. The number of benzene rings is 1. The smallest absolute Gasteiger partial charge is 0.102 e. The highest BCUT2D eigenvalue weighted by Crippen LogP contribution is 2.58. The fraction of sp³-hybridized carbons (Fsp3) is 0.474. The third kappa shape index (κ3) is 3.01. The van der Waals surface area contributed by atoms with Crippen molar-refractivity contribution in [1.82, 2.24) is 0 Å². The van der Waals surface area contributed by atoms with Gasteiger partial charge in [-0.1, -0.05) is 42.5 Å². The van der Waals surface area contributed by atoms with Crippen molar-refractivity contribution in [1.29, 1.82) is 0 Å². The van der Waals surface area contributed by atoms with E-state index in [9.17, 15) is 9.32 Å². The van der Waals surface area contributed by atoms with Gasteiger partial charge in [-0.15, -0.1) is 23.5 Å². The molecule has 1 heterocycles. The van der Waals surface area contributed by atoms with Crippen molar-refractivity contribution < 1.29 is 9.32 Å². The number of thioether (sulfide) groups is 2. The Bertz CT molecular complexity index is 820. The fourth-order valence-electron chi connectivity index (χ4n) is 3.99. The van der Waals surface area contributed by atoms with Gasteiger partial charge in [-0.2, -0.15) is 0 Å². The lowest BCUT2D eigenvalue weighted by atomic mass is 9.82. The Balaban J connectivity index is 1.69. The zero-order valence-corrected chi connectivity index (χ0v) is 16.7. The van der Waals surface area contributed by atoms with Crippen LogP contribution in [-0.2, 0) is 9.73 Å². The number of nitrogens with zero attached hydrogens (tertiary/aromatic N) is 1. The first-order chi connectivity index (χ1) is 12.0. The van der Waals surface area contributed by atoms with Crippen LogP contribution >= 0.6 is 23.5 Å². The topological polar surface area (TPSA) is 49.7 Å². The summed E-state index contributed by atoms with van der Waals surface area (Å²) in [6.07, 6.45) is 9.33. The fourth-order valence-corrected chi connectivity index (χ4v) is 9.51. The van der Waals surface area contributed by atoms with Crippen LogP contribution in [0.2, 0.25) is 0 Å². The molecule has 1 aromatic carbocycles. The number of rotatable bonds is 3. The molecule has 1 saturated heterocycles. The average molecular weight is 394 g/mol. The Morgan fingerprint density at radius 3 is 2.60 bits per heavy atom. The number of hydrogen-bond acceptors (Lipinski definition) is 5. The van der Waals surface area contributed by atoms with Gasteiger partial charge in [0.2, 0.25) is 0 Å². The Kier molecular flexibility index (Phi) is 4.59. The second kappa shape index (κ2) is 6.48. The van der Waals surface area contributed by atoms with Crippen molar-refractivity contribution in [2.24, 2.45) is 16.2 Å². The zero-order chi connectivity index (χ0) is 17.5. The molecule has 3 nitrogen and oxygen atoms in total. The van der Waals surface area contributed by atoms with E-state index in [0.717, 1.165) is 6.42 Å². The molecule has 2 bridgehead atoms. The Morgan fingerprint density at radius 1 is 1.20 bits per heavy atom. The predicted molar refractivity (Wildman–Crippen MR) is 109 cm³/mol. The van der Waals surface area contributed by atoms with Gasteiger partial charge in [0, 0.05) is 35.3 Å². The van der Waals surface area contributed by atoms with Crippen LogP contribution in [0.4, 0.5) is 0 Å². The lowest BCUT2D eigenvalue weighted by Gasteiger charge is -2.40. The van der Waals surface area contributed by atoms with Gasteiger partial charge in [-0.25, -0.2) is 8.57 Å². The molecule has 4 atom stereocenters. The summed E-state index contributed by atoms with van der Waals surface area (Å²) in [6.45, 7) is 0. The Labute approximate surface area is 158 Å². The summed E-state index contributed by atoms with van der Waals surface area (Å²) in [7, 11) is -1.07. The standard InChI is InChI=1S/C19H23NO2S3/c1-20-25(22,17-5-3-2-4-6-17)14-18(21)10-9-15-7-8-16(18)13-19(15)23-11-12-24-19/h2-10,15-16,21H,11-14H2,1H3/t15-,16-,18+,25?/m1/s1. The molecule has 0 aromatic heterocycles. The van der Waals surface area contributed by atoms with Crippen molar-refractivity contribution >= 4 is 33.3 Å². The number of hydrogen-bond donors (Lipinski definition) is 1. The van der Waals surface area contributed by atoms with Gasteiger partial charge in [-0.05, 0) is 18.6 Å². The second-order valence-corrected chi connectivity index (χ2v) is 12.4. The largest absolute Gasteiger partial charge is 0.384 e. The molecule has 0 radical (unpaired) electrons. The molecule has 25 heavy (non-hydrogen) atoms. The number of aliphatic hydroxyl groups is 1. The van der Waals surface area contributed by atoms with Gasteiger partial charge in [-0.3, -0.25) is 0 Å². The van der Waals surface area contributed by atoms with Crippen LogP contribution in [-0.4, -0.2) is 43.3 Å². The monoisotopic (exact) mass is 393 g/mol. The normalized spacial score (nSPS) is 34.8. The lowest BCUT2D eigenvalue weighted by molar-refractivity contribution is 0.0666. The number of allylic oxidation sites excluding steroid dienone is 2. The molecule has 5 rings (SSSR count). The van der Waals surface area contributed by atoms with Crippen molar-refractivity contribution in [3.63, 3.8) is 0 Å². The second-order valence-electron chi connectivity index (χ2n) is 6.86. The predicted octanol–water partition coefficient (Wildman–Crippen LogP) is 3.81. The van der Waals surface area contributed by atoms with E-state index < -0.39 is 15.3 Å². The van der Waals surface area contributed by atoms with E-state index in [1.807, 2.05) is 59.9 Å². The molecular formula is C19H23NO2S3. The summed E-state index contributed by atoms with van der Waals surface area (Å²) in [5.41, 5.74) is -1.12. The van der Waals surface area contributed by atoms with Crippen LogP contribution in [0.25, 0.3) is 0 Å². The summed E-state index contributed by atoms with van der Waals surface area (Å²) < 4.78 is 17.9. The van der Waals surface area contributed by atoms with Crippen LogP contribution < -0.4 is 0 Å². The maximum absolute atomic E-state index is 13.5. The molecule has 1 unspecified atom stereocenters. The lowest BCUT2D eigenvalue weighted by Crippen LogP contribution is -2.44. The van der Waals surface area contributed by atoms with E-state index in [0.29, 0.717) is 10.8 Å². The third-order valence-corrected chi connectivity index (χ3v) is 11.5. The van der Waals surface area contributed by atoms with Crippen molar-refractivity contribution in [2.45, 2.75) is 21.0 Å². The van der Waals surface area contributed by atoms with Crippen molar-refractivity contribution in [2.75, 3.05) is 24.3 Å². The van der Waals surface area contributed by atoms with Gasteiger partial charge in [0.25, 0.3) is 0 Å². The Morgan fingerprint density at radius 2 is 1.92 bits per heavy atom. The molecule has 0 amide bonds. The van der Waals surface area contributed by atoms with Gasteiger partial charge in [0.1, 0.15) is 5.60 Å². The minimum absolute atomic E-state index is 0.0214. The van der Waals surface area contributed by atoms with Crippen LogP contribution in [0, 0.1) is 11.8 Å². The minimum Gasteiger partial charge on any atom is -0.384 e. The third-order valence-electron chi connectivity index (χ3n) is 5.41. The molecular weight excluding hydrogens is 370 g/mol. The summed E-state index contributed by atoms with van der Waals surface area (Å²) in [5.74, 6) is 2.79. The van der Waals surface area contributed by atoms with Crippen molar-refractivity contribution in [3.05, 3.63) is 54.6 Å². The first-order valence-electron chi connectivity index (χ1n) is 8.56. The highest BCUT2D eigenvalue weighted by Gasteiger charge is 2.51. The number of fused-ring (bicyclic) bond motifs is 1. The van der Waals surface area contributed by atoms with Crippen molar-refractivity contribution in [3.8, 4) is 0 Å². The van der Waals surface area contributed by atoms with Gasteiger partial charge in [0.15, 0.2) is 0 Å². The molecule has 1 aliphatic heterocycles. The summed E-state index contributed by atoms with van der Waals surface area (Å²) in [6, 6.07) is 9.34. The molecule has 0 saturated carbocycles. The van der Waals surface area contributed by atoms with Crippen LogP contribution in [0.5, 0.6) is 0 Å². The van der Waals surface area contributed by atoms with E-state index in [4.69, 9.17) is 0 Å². The molecule has 134 valence electrons. The first-order valence-corrected chi connectivity index (χ1v) is 12.2. The van der Waals surface area contributed by atoms with E-state index in [1.165, 1.54) is 11.5 Å². The molecule has 6 heteroatoms. The quantitative estimate of drug-likeness (QED) is 0.794. The van der Waals surface area contributed by atoms with Crippen LogP contribution in [0.15, 0.2) is 63.9 Å². The highest BCUT2D eigenvalue weighted by atomic mass is 32.2. The zero-order valence-electron chi connectivity index (χ0n) is 14.2. The molecule has 3 aliphatic carbocycles. The van der Waals surface area contributed by atoms with Crippen LogP contribution in [0.1, 0.15) is 6.42 Å². The SMILES string of the molecule is CN=S(=O)(C[C@@]1(O)C=C[C@H]2C=C[C@@H]1CC21SCCS1)c1ccccc1. The molecule has 1 fully saturated rings.